The molecule has 0 unspecified atom stereocenters. The second-order valence-electron chi connectivity index (χ2n) is 6.11. The first-order valence-electron chi connectivity index (χ1n) is 5.81. The number of rotatable bonds is 0. The van der Waals surface area contributed by atoms with Crippen molar-refractivity contribution in [1.82, 2.24) is 0 Å². The fraction of sp³-hybridized carbons (Fsp3) is 0.467. The highest BCUT2D eigenvalue weighted by atomic mass is 14.5. The molecule has 0 fully saturated rings. The van der Waals surface area contributed by atoms with Gasteiger partial charge in [-0.05, 0) is 40.5 Å². The largest absolute Gasteiger partial charge is 0.192 e. The Bertz CT molecular complexity index is 515. The van der Waals surface area contributed by atoms with Crippen molar-refractivity contribution in [3.8, 4) is 12.1 Å². The van der Waals surface area contributed by atoms with E-state index >= 15 is 0 Å². The third-order valence-electron chi connectivity index (χ3n) is 3.74. The third kappa shape index (κ3) is 1.61. The van der Waals surface area contributed by atoms with E-state index < -0.39 is 0 Å². The summed E-state index contributed by atoms with van der Waals surface area (Å²) in [5.74, 6) is 0. The normalized spacial score (nSPS) is 19.2. The van der Waals surface area contributed by atoms with E-state index in [0.29, 0.717) is 11.1 Å². The Balaban J connectivity index is 2.78. The smallest absolute Gasteiger partial charge is 0.101 e. The molecule has 2 rings (SSSR count). The quantitative estimate of drug-likeness (QED) is 0.678. The van der Waals surface area contributed by atoms with Crippen LogP contribution in [-0.2, 0) is 10.8 Å². The van der Waals surface area contributed by atoms with Crippen LogP contribution in [0, 0.1) is 22.7 Å². The SMILES string of the molecule is CC1(C)CC(C)(C)c2cc(C#N)c(C#N)cc21. The molecular formula is C15H16N2. The van der Waals surface area contributed by atoms with Crippen LogP contribution in [-0.4, -0.2) is 0 Å². The summed E-state index contributed by atoms with van der Waals surface area (Å²) in [6.07, 6.45) is 1.05. The van der Waals surface area contributed by atoms with E-state index in [1.807, 2.05) is 12.1 Å². The second-order valence-corrected chi connectivity index (χ2v) is 6.11. The molecule has 0 heterocycles. The Morgan fingerprint density at radius 1 is 0.882 bits per heavy atom. The van der Waals surface area contributed by atoms with Gasteiger partial charge in [0.2, 0.25) is 0 Å². The first kappa shape index (κ1) is 11.7. The highest BCUT2D eigenvalue weighted by Gasteiger charge is 2.42. The number of nitriles is 2. The predicted molar refractivity (Wildman–Crippen MR) is 66.5 cm³/mol. The van der Waals surface area contributed by atoms with Crippen LogP contribution < -0.4 is 0 Å². The van der Waals surface area contributed by atoms with Crippen LogP contribution in [0.25, 0.3) is 0 Å². The van der Waals surface area contributed by atoms with E-state index in [4.69, 9.17) is 10.5 Å². The van der Waals surface area contributed by atoms with Crippen LogP contribution in [0.4, 0.5) is 0 Å². The van der Waals surface area contributed by atoms with E-state index in [1.54, 1.807) is 0 Å². The van der Waals surface area contributed by atoms with Crippen molar-refractivity contribution in [2.75, 3.05) is 0 Å². The molecule has 0 radical (unpaired) electrons. The number of nitrogens with zero attached hydrogens (tertiary/aromatic N) is 2. The van der Waals surface area contributed by atoms with Crippen LogP contribution in [0.1, 0.15) is 56.4 Å². The molecule has 86 valence electrons. The van der Waals surface area contributed by atoms with Gasteiger partial charge in [0.25, 0.3) is 0 Å². The van der Waals surface area contributed by atoms with Crippen molar-refractivity contribution in [1.29, 1.82) is 10.5 Å². The Morgan fingerprint density at radius 3 is 1.53 bits per heavy atom. The van der Waals surface area contributed by atoms with E-state index in [-0.39, 0.29) is 10.8 Å². The predicted octanol–water partition coefficient (Wildman–Crippen LogP) is 3.39. The van der Waals surface area contributed by atoms with Crippen LogP contribution in [0.3, 0.4) is 0 Å². The van der Waals surface area contributed by atoms with Crippen LogP contribution in [0.15, 0.2) is 12.1 Å². The Morgan fingerprint density at radius 2 is 1.24 bits per heavy atom. The summed E-state index contributed by atoms with van der Waals surface area (Å²) in [5.41, 5.74) is 3.60. The molecule has 0 saturated carbocycles. The average molecular weight is 224 g/mol. The molecule has 0 N–H and O–H groups in total. The van der Waals surface area contributed by atoms with Crippen LogP contribution in [0.5, 0.6) is 0 Å². The molecule has 0 aromatic heterocycles. The van der Waals surface area contributed by atoms with Gasteiger partial charge >= 0.3 is 0 Å². The molecule has 2 heteroatoms. The Labute approximate surface area is 102 Å². The monoisotopic (exact) mass is 224 g/mol. The minimum Gasteiger partial charge on any atom is -0.192 e. The number of hydrogen-bond donors (Lipinski definition) is 0. The summed E-state index contributed by atoms with van der Waals surface area (Å²) in [4.78, 5) is 0. The minimum atomic E-state index is 0.0818. The van der Waals surface area contributed by atoms with Gasteiger partial charge in [-0.2, -0.15) is 10.5 Å². The van der Waals surface area contributed by atoms with Crippen molar-refractivity contribution in [2.24, 2.45) is 0 Å². The lowest BCUT2D eigenvalue weighted by Crippen LogP contribution is -2.17. The van der Waals surface area contributed by atoms with Gasteiger partial charge in [0.05, 0.1) is 11.1 Å². The molecule has 0 saturated heterocycles. The molecule has 0 amide bonds. The van der Waals surface area contributed by atoms with E-state index in [9.17, 15) is 0 Å². The molecule has 1 aromatic carbocycles. The van der Waals surface area contributed by atoms with E-state index in [1.165, 1.54) is 11.1 Å². The van der Waals surface area contributed by atoms with Gasteiger partial charge in [0.15, 0.2) is 0 Å². The van der Waals surface area contributed by atoms with Crippen molar-refractivity contribution >= 4 is 0 Å². The molecule has 0 atom stereocenters. The lowest BCUT2D eigenvalue weighted by molar-refractivity contribution is 0.403. The second kappa shape index (κ2) is 3.34. The van der Waals surface area contributed by atoms with E-state index in [2.05, 4.69) is 39.8 Å². The fourth-order valence-electron chi connectivity index (χ4n) is 3.20. The maximum atomic E-state index is 9.08. The van der Waals surface area contributed by atoms with Gasteiger partial charge in [-0.1, -0.05) is 27.7 Å². The highest BCUT2D eigenvalue weighted by Crippen LogP contribution is 2.49. The summed E-state index contributed by atoms with van der Waals surface area (Å²) in [6.45, 7) is 8.81. The first-order chi connectivity index (χ1) is 7.81. The molecule has 17 heavy (non-hydrogen) atoms. The molecule has 1 aliphatic carbocycles. The standard InChI is InChI=1S/C15H16N2/c1-14(2)9-15(3,4)13-6-11(8-17)10(7-16)5-12(13)14/h5-6H,9H2,1-4H3. The van der Waals surface area contributed by atoms with Crippen molar-refractivity contribution < 1.29 is 0 Å². The van der Waals surface area contributed by atoms with Gasteiger partial charge in [-0.15, -0.1) is 0 Å². The lowest BCUT2D eigenvalue weighted by Gasteiger charge is -2.22. The van der Waals surface area contributed by atoms with Crippen LogP contribution >= 0.6 is 0 Å². The molecule has 0 spiro atoms. The van der Waals surface area contributed by atoms with Gasteiger partial charge in [-0.3, -0.25) is 0 Å². The summed E-state index contributed by atoms with van der Waals surface area (Å²) < 4.78 is 0. The van der Waals surface area contributed by atoms with E-state index in [0.717, 1.165) is 6.42 Å². The summed E-state index contributed by atoms with van der Waals surface area (Å²) in [7, 11) is 0. The Hall–Kier alpha value is -1.80. The molecule has 0 bridgehead atoms. The molecule has 0 aliphatic heterocycles. The fourth-order valence-corrected chi connectivity index (χ4v) is 3.20. The van der Waals surface area contributed by atoms with Gasteiger partial charge < -0.3 is 0 Å². The molecule has 1 aliphatic rings. The van der Waals surface area contributed by atoms with Gasteiger partial charge in [-0.25, -0.2) is 0 Å². The maximum absolute atomic E-state index is 9.08. The zero-order valence-electron chi connectivity index (χ0n) is 10.8. The maximum Gasteiger partial charge on any atom is 0.101 e. The summed E-state index contributed by atoms with van der Waals surface area (Å²) in [5, 5.41) is 18.2. The third-order valence-corrected chi connectivity index (χ3v) is 3.74. The number of hydrogen-bond acceptors (Lipinski definition) is 2. The number of benzene rings is 1. The topological polar surface area (TPSA) is 47.6 Å². The zero-order chi connectivity index (χ0) is 12.8. The average Bonchev–Trinajstić information content (AvgIpc) is 2.42. The molecule has 2 nitrogen and oxygen atoms in total. The van der Waals surface area contributed by atoms with Gasteiger partial charge in [0, 0.05) is 0 Å². The van der Waals surface area contributed by atoms with Crippen molar-refractivity contribution in [3.05, 3.63) is 34.4 Å². The minimum absolute atomic E-state index is 0.0818. The first-order valence-corrected chi connectivity index (χ1v) is 5.81. The highest BCUT2D eigenvalue weighted by molar-refractivity contribution is 5.56. The van der Waals surface area contributed by atoms with Crippen molar-refractivity contribution in [2.45, 2.75) is 44.9 Å². The molecular weight excluding hydrogens is 208 g/mol. The Kier molecular flexibility index (Phi) is 2.30. The molecule has 1 aromatic rings. The summed E-state index contributed by atoms with van der Waals surface area (Å²) in [6, 6.07) is 8.05. The van der Waals surface area contributed by atoms with Crippen molar-refractivity contribution in [3.63, 3.8) is 0 Å². The van der Waals surface area contributed by atoms with Crippen LogP contribution in [0.2, 0.25) is 0 Å². The zero-order valence-corrected chi connectivity index (χ0v) is 10.8. The van der Waals surface area contributed by atoms with Gasteiger partial charge in [0.1, 0.15) is 12.1 Å². The summed E-state index contributed by atoms with van der Waals surface area (Å²) >= 11 is 0. The number of fused-ring (bicyclic) bond motifs is 1. The lowest BCUT2D eigenvalue weighted by atomic mass is 9.82.